The van der Waals surface area contributed by atoms with Crippen LogP contribution in [0.1, 0.15) is 43.3 Å². The number of benzene rings is 2. The van der Waals surface area contributed by atoms with Crippen LogP contribution >= 0.6 is 0 Å². The van der Waals surface area contributed by atoms with Gasteiger partial charge in [0.15, 0.2) is 5.65 Å². The molecule has 1 aliphatic heterocycles. The Morgan fingerprint density at radius 2 is 1.71 bits per heavy atom. The average Bonchev–Trinajstić information content (AvgIpc) is 3.41. The fourth-order valence-electron chi connectivity index (χ4n) is 6.41. The largest absolute Gasteiger partial charge is 0.496 e. The molecule has 42 heavy (non-hydrogen) atoms. The van der Waals surface area contributed by atoms with Crippen LogP contribution in [0.4, 0.5) is 11.5 Å². The van der Waals surface area contributed by atoms with Gasteiger partial charge in [-0.05, 0) is 50.9 Å². The molecule has 11 nitrogen and oxygen atoms in total. The van der Waals surface area contributed by atoms with E-state index in [0.717, 1.165) is 74.1 Å². The average molecular weight is 570 g/mol. The van der Waals surface area contributed by atoms with Crippen LogP contribution in [0.5, 0.6) is 5.75 Å². The summed E-state index contributed by atoms with van der Waals surface area (Å²) in [7, 11) is 3.78. The standard InChI is InChI=1S/C31H39N9O2/c1-38-14-16-39(17-15-38)22-9-11-23(12-10-22)40-31-26(29(32)34-19-35-31)27(37-40)20-8-13-24(25(18-20)42-2)28(30(33)41)36-21-6-4-3-5-7-21/h3-8,13,18-19,22-23,28,36H,9-12,14-17H2,1-2H3,(H2,33,41)(H2,32,34,35). The normalized spacial score (nSPS) is 20.8. The number of nitrogen functional groups attached to an aromatic ring is 1. The number of nitrogens with one attached hydrogen (secondary N) is 1. The highest BCUT2D eigenvalue weighted by atomic mass is 16.5. The minimum Gasteiger partial charge on any atom is -0.496 e. The Morgan fingerprint density at radius 1 is 1.00 bits per heavy atom. The molecule has 1 saturated heterocycles. The van der Waals surface area contributed by atoms with E-state index in [9.17, 15) is 4.79 Å². The zero-order valence-electron chi connectivity index (χ0n) is 24.2. The fraction of sp³-hybridized carbons (Fsp3) is 0.419. The van der Waals surface area contributed by atoms with Crippen LogP contribution in [0.3, 0.4) is 0 Å². The van der Waals surface area contributed by atoms with Crippen molar-refractivity contribution < 1.29 is 9.53 Å². The first-order valence-corrected chi connectivity index (χ1v) is 14.6. The second-order valence-electron chi connectivity index (χ2n) is 11.4. The molecule has 2 fully saturated rings. The van der Waals surface area contributed by atoms with Crippen LogP contribution in [0.25, 0.3) is 22.3 Å². The summed E-state index contributed by atoms with van der Waals surface area (Å²) >= 11 is 0. The third-order valence-electron chi connectivity index (χ3n) is 8.77. The summed E-state index contributed by atoms with van der Waals surface area (Å²) in [6.07, 6.45) is 5.84. The Morgan fingerprint density at radius 3 is 2.40 bits per heavy atom. The van der Waals surface area contributed by atoms with E-state index in [-0.39, 0.29) is 6.04 Å². The molecule has 1 aliphatic carbocycles. The van der Waals surface area contributed by atoms with Crippen molar-refractivity contribution >= 4 is 28.4 Å². The van der Waals surface area contributed by atoms with Crippen LogP contribution in [0.15, 0.2) is 54.9 Å². The van der Waals surface area contributed by atoms with Crippen molar-refractivity contribution in [1.82, 2.24) is 29.5 Å². The molecule has 1 saturated carbocycles. The third-order valence-corrected chi connectivity index (χ3v) is 8.77. The minimum absolute atomic E-state index is 0.231. The number of rotatable bonds is 8. The maximum absolute atomic E-state index is 12.5. The molecule has 4 aromatic rings. The number of piperazine rings is 1. The van der Waals surface area contributed by atoms with Crippen molar-refractivity contribution in [3.05, 3.63) is 60.4 Å². The summed E-state index contributed by atoms with van der Waals surface area (Å²) in [5.41, 5.74) is 15.9. The van der Waals surface area contributed by atoms with Crippen LogP contribution in [-0.4, -0.2) is 81.8 Å². The van der Waals surface area contributed by atoms with Gasteiger partial charge in [0, 0.05) is 49.0 Å². The molecule has 220 valence electrons. The minimum atomic E-state index is -0.783. The number of para-hydroxylation sites is 1. The molecule has 6 rings (SSSR count). The van der Waals surface area contributed by atoms with Gasteiger partial charge in [-0.1, -0.05) is 30.3 Å². The zero-order valence-corrected chi connectivity index (χ0v) is 24.2. The fourth-order valence-corrected chi connectivity index (χ4v) is 6.41. The van der Waals surface area contributed by atoms with E-state index >= 15 is 0 Å². The molecule has 11 heteroatoms. The number of amides is 1. The van der Waals surface area contributed by atoms with Gasteiger partial charge in [0.25, 0.3) is 0 Å². The SMILES string of the molecule is COc1cc(-c2nn(C3CCC(N4CCN(C)CC4)CC3)c3ncnc(N)c23)ccc1C(Nc1ccccc1)C(N)=O. The van der Waals surface area contributed by atoms with Gasteiger partial charge < -0.3 is 26.4 Å². The first kappa shape index (κ1) is 27.9. The number of hydrogen-bond donors (Lipinski definition) is 3. The lowest BCUT2D eigenvalue weighted by Gasteiger charge is -2.41. The molecule has 1 atom stereocenters. The van der Waals surface area contributed by atoms with Crippen molar-refractivity contribution in [2.75, 3.05) is 51.4 Å². The number of carbonyl (C=O) groups excluding carboxylic acids is 1. The van der Waals surface area contributed by atoms with E-state index in [4.69, 9.17) is 21.3 Å². The summed E-state index contributed by atoms with van der Waals surface area (Å²) in [6, 6.07) is 15.2. The van der Waals surface area contributed by atoms with Crippen LogP contribution < -0.4 is 21.5 Å². The Bertz CT molecular complexity index is 1540. The molecule has 0 spiro atoms. The van der Waals surface area contributed by atoms with Crippen LogP contribution in [0.2, 0.25) is 0 Å². The second kappa shape index (κ2) is 11.9. The number of nitrogens with zero attached hydrogens (tertiary/aromatic N) is 6. The first-order chi connectivity index (χ1) is 20.4. The van der Waals surface area contributed by atoms with Crippen molar-refractivity contribution in [3.63, 3.8) is 0 Å². The lowest BCUT2D eigenvalue weighted by molar-refractivity contribution is -0.118. The monoisotopic (exact) mass is 569 g/mol. The van der Waals surface area contributed by atoms with Gasteiger partial charge >= 0.3 is 0 Å². The number of hydrogen-bond acceptors (Lipinski definition) is 9. The van der Waals surface area contributed by atoms with E-state index in [2.05, 4.69) is 32.1 Å². The predicted octanol–water partition coefficient (Wildman–Crippen LogP) is 3.45. The molecule has 2 aromatic heterocycles. The van der Waals surface area contributed by atoms with Gasteiger partial charge in [0.05, 0.1) is 18.5 Å². The van der Waals surface area contributed by atoms with E-state index in [1.54, 1.807) is 7.11 Å². The summed E-state index contributed by atoms with van der Waals surface area (Å²) in [6.45, 7) is 4.54. The molecule has 0 radical (unpaired) electrons. The van der Waals surface area contributed by atoms with Crippen molar-refractivity contribution in [2.24, 2.45) is 5.73 Å². The highest BCUT2D eigenvalue weighted by molar-refractivity contribution is 5.98. The second-order valence-corrected chi connectivity index (χ2v) is 11.4. The number of methoxy groups -OCH3 is 1. The van der Waals surface area contributed by atoms with Crippen molar-refractivity contribution in [2.45, 2.75) is 43.8 Å². The quantitative estimate of drug-likeness (QED) is 0.291. The van der Waals surface area contributed by atoms with Crippen LogP contribution in [0, 0.1) is 0 Å². The van der Waals surface area contributed by atoms with E-state index in [0.29, 0.717) is 28.9 Å². The van der Waals surface area contributed by atoms with Gasteiger partial charge in [-0.25, -0.2) is 14.6 Å². The Hall–Kier alpha value is -4.22. The topological polar surface area (TPSA) is 140 Å². The van der Waals surface area contributed by atoms with Crippen molar-refractivity contribution in [3.8, 4) is 17.0 Å². The number of fused-ring (bicyclic) bond motifs is 1. The van der Waals surface area contributed by atoms with Gasteiger partial charge in [-0.2, -0.15) is 5.10 Å². The first-order valence-electron chi connectivity index (χ1n) is 14.6. The lowest BCUT2D eigenvalue weighted by atomic mass is 9.90. The number of ether oxygens (including phenoxy) is 1. The Labute approximate surface area is 245 Å². The highest BCUT2D eigenvalue weighted by Gasteiger charge is 2.31. The maximum Gasteiger partial charge on any atom is 0.244 e. The number of nitrogens with two attached hydrogens (primary N) is 2. The molecule has 5 N–H and O–H groups in total. The predicted molar refractivity (Wildman–Crippen MR) is 164 cm³/mol. The summed E-state index contributed by atoms with van der Waals surface area (Å²) in [5.74, 6) is 0.395. The van der Waals surface area contributed by atoms with Gasteiger partial charge in [0.2, 0.25) is 5.91 Å². The van der Waals surface area contributed by atoms with Gasteiger partial charge in [-0.3, -0.25) is 9.69 Å². The number of primary amides is 1. The molecule has 2 aromatic carbocycles. The van der Waals surface area contributed by atoms with Crippen molar-refractivity contribution in [1.29, 1.82) is 0 Å². The summed E-state index contributed by atoms with van der Waals surface area (Å²) < 4.78 is 7.81. The lowest BCUT2D eigenvalue weighted by Crippen LogP contribution is -2.49. The van der Waals surface area contributed by atoms with E-state index in [1.807, 2.05) is 53.2 Å². The zero-order chi connectivity index (χ0) is 29.2. The van der Waals surface area contributed by atoms with Gasteiger partial charge in [-0.15, -0.1) is 0 Å². The van der Waals surface area contributed by atoms with Gasteiger partial charge in [0.1, 0.15) is 29.6 Å². The maximum atomic E-state index is 12.5. The summed E-state index contributed by atoms with van der Waals surface area (Å²) in [4.78, 5) is 26.5. The van der Waals surface area contributed by atoms with E-state index in [1.165, 1.54) is 6.33 Å². The number of aromatic nitrogens is 4. The smallest absolute Gasteiger partial charge is 0.244 e. The molecule has 1 unspecified atom stereocenters. The van der Waals surface area contributed by atoms with E-state index < -0.39 is 11.9 Å². The molecule has 0 bridgehead atoms. The molecular formula is C31H39N9O2. The number of likely N-dealkylation sites (N-methyl/N-ethyl adjacent to an activating group) is 1. The highest BCUT2D eigenvalue weighted by Crippen LogP contribution is 2.39. The number of carbonyl (C=O) groups is 1. The number of anilines is 2. The summed E-state index contributed by atoms with van der Waals surface area (Å²) in [5, 5.41) is 9.04. The molecular weight excluding hydrogens is 530 g/mol. The molecule has 1 amide bonds. The Balaban J connectivity index is 1.30. The Kier molecular flexibility index (Phi) is 7.94. The third kappa shape index (κ3) is 5.49. The molecule has 3 heterocycles. The van der Waals surface area contributed by atoms with Crippen LogP contribution in [-0.2, 0) is 4.79 Å². The molecule has 2 aliphatic rings.